The molecule has 2 aliphatic heterocycles. The number of imidazole rings is 1. The van der Waals surface area contributed by atoms with E-state index in [2.05, 4.69) is 0 Å². The number of nitrogens with zero attached hydrogens (tertiary/aromatic N) is 3. The number of thiazole rings is 1. The van der Waals surface area contributed by atoms with Crippen molar-refractivity contribution in [1.82, 2.24) is 9.30 Å². The summed E-state index contributed by atoms with van der Waals surface area (Å²) in [6, 6.07) is -0.423. The number of nitrogens with two attached hydrogens (primary N) is 2. The van der Waals surface area contributed by atoms with Gasteiger partial charge in [-0.1, -0.05) is 30.0 Å². The molecule has 0 saturated carbocycles. The Balaban J connectivity index is 1.81. The first kappa shape index (κ1) is 22.3. The molecule has 0 unspecified atom stereocenters. The van der Waals surface area contributed by atoms with Crippen LogP contribution < -0.4 is 16.0 Å². The summed E-state index contributed by atoms with van der Waals surface area (Å²) < 4.78 is 3.34. The topological polar surface area (TPSA) is 172 Å². The van der Waals surface area contributed by atoms with Crippen molar-refractivity contribution in [1.29, 1.82) is 0 Å². The zero-order valence-electron chi connectivity index (χ0n) is 17.2. The fourth-order valence-electron chi connectivity index (χ4n) is 4.52. The molecule has 11 nitrogen and oxygen atoms in total. The number of fused-ring (bicyclic) bond motifs is 2. The van der Waals surface area contributed by atoms with Crippen LogP contribution in [0.3, 0.4) is 0 Å². The van der Waals surface area contributed by atoms with Gasteiger partial charge in [-0.2, -0.15) is 4.40 Å². The number of carbonyl (C=O) groups excluding carboxylic acids is 3. The van der Waals surface area contributed by atoms with Crippen LogP contribution in [-0.2, 0) is 25.7 Å². The van der Waals surface area contributed by atoms with Crippen LogP contribution in [0.4, 0.5) is 0 Å². The first-order chi connectivity index (χ1) is 15.0. The van der Waals surface area contributed by atoms with E-state index in [0.717, 1.165) is 11.8 Å². The summed E-state index contributed by atoms with van der Waals surface area (Å²) in [5, 5.41) is 20.5. The number of carboxylic acids is 1. The van der Waals surface area contributed by atoms with E-state index in [0.29, 0.717) is 20.3 Å². The Kier molecular flexibility index (Phi) is 5.51. The molecule has 0 spiro atoms. The number of β-lactam (4-membered cyclic amide) rings is 1. The molecule has 1 saturated heterocycles. The van der Waals surface area contributed by atoms with Gasteiger partial charge in [-0.05, 0) is 6.92 Å². The fourth-order valence-corrected chi connectivity index (χ4v) is 6.78. The fraction of sp³-hybridized carbons (Fsp3) is 0.421. The Morgan fingerprint density at radius 2 is 2.00 bits per heavy atom. The van der Waals surface area contributed by atoms with Crippen LogP contribution >= 0.6 is 23.1 Å². The number of hydrogen-bond acceptors (Lipinski definition) is 7. The van der Waals surface area contributed by atoms with Crippen molar-refractivity contribution in [2.75, 3.05) is 5.75 Å². The van der Waals surface area contributed by atoms with Crippen molar-refractivity contribution >= 4 is 57.2 Å². The van der Waals surface area contributed by atoms with E-state index in [1.165, 1.54) is 23.2 Å². The van der Waals surface area contributed by atoms with Gasteiger partial charge in [0.2, 0.25) is 21.7 Å². The standard InChI is InChI=1S/C19H21N5O6S2/c1-7-12(15(19(29)30)24-14(7)13(8(2)25)16(24)28)9-3-22-6-23(4-10(20)26)17(18(22)32-9)31-5-11(21)27/h3,6-8,13-14,25H,4-5H2,1-2H3,(H4-,20,21,26,27,29,30)/p+1/t7-,8+,13+,14+/m0/s1. The minimum Gasteiger partial charge on any atom is -0.477 e. The van der Waals surface area contributed by atoms with Crippen LogP contribution in [0.2, 0.25) is 0 Å². The summed E-state index contributed by atoms with van der Waals surface area (Å²) in [5.74, 6) is -3.65. The molecule has 6 N–H and O–H groups in total. The smallest absolute Gasteiger partial charge is 0.352 e. The molecule has 2 aliphatic rings. The average Bonchev–Trinajstić information content (AvgIpc) is 3.27. The minimum absolute atomic E-state index is 0.00837. The van der Waals surface area contributed by atoms with Gasteiger partial charge in [0.25, 0.3) is 12.2 Å². The number of aromatic nitrogens is 2. The molecule has 4 heterocycles. The van der Waals surface area contributed by atoms with Gasteiger partial charge < -0.3 is 26.6 Å². The lowest BCUT2D eigenvalue weighted by Crippen LogP contribution is -2.63. The molecule has 13 heteroatoms. The Morgan fingerprint density at radius 3 is 2.56 bits per heavy atom. The number of thioether (sulfide) groups is 1. The highest BCUT2D eigenvalue weighted by Crippen LogP contribution is 2.51. The molecule has 3 amide bonds. The zero-order chi connectivity index (χ0) is 23.5. The molecule has 4 atom stereocenters. The van der Waals surface area contributed by atoms with E-state index < -0.39 is 41.8 Å². The van der Waals surface area contributed by atoms with Gasteiger partial charge >= 0.3 is 5.97 Å². The Labute approximate surface area is 190 Å². The number of primary amides is 2. The number of aliphatic hydroxyl groups is 1. The van der Waals surface area contributed by atoms with Gasteiger partial charge in [-0.3, -0.25) is 14.4 Å². The molecular weight excluding hydrogens is 458 g/mol. The second kappa shape index (κ2) is 7.90. The third-order valence-electron chi connectivity index (χ3n) is 5.72. The molecule has 0 aliphatic carbocycles. The van der Waals surface area contributed by atoms with Gasteiger partial charge in [-0.25, -0.2) is 9.36 Å². The van der Waals surface area contributed by atoms with Crippen molar-refractivity contribution < 1.29 is 34.0 Å². The Morgan fingerprint density at radius 1 is 1.31 bits per heavy atom. The molecule has 0 bridgehead atoms. The van der Waals surface area contributed by atoms with Gasteiger partial charge in [0.15, 0.2) is 6.54 Å². The van der Waals surface area contributed by atoms with Crippen LogP contribution in [0.25, 0.3) is 10.4 Å². The van der Waals surface area contributed by atoms with E-state index in [-0.39, 0.29) is 23.9 Å². The van der Waals surface area contributed by atoms with Crippen LogP contribution in [0.1, 0.15) is 18.7 Å². The van der Waals surface area contributed by atoms with Gasteiger partial charge in [0.1, 0.15) is 11.9 Å². The highest BCUT2D eigenvalue weighted by atomic mass is 32.2. The number of hydrogen-bond donors (Lipinski definition) is 4. The quantitative estimate of drug-likeness (QED) is 0.213. The van der Waals surface area contributed by atoms with Crippen molar-refractivity contribution in [3.8, 4) is 0 Å². The molecular formula is C19H22N5O6S2+. The monoisotopic (exact) mass is 480 g/mol. The largest absolute Gasteiger partial charge is 0.477 e. The number of aliphatic hydroxyl groups excluding tert-OH is 1. The Bertz CT molecular complexity index is 1200. The first-order valence-corrected chi connectivity index (χ1v) is 11.6. The van der Waals surface area contributed by atoms with E-state index >= 15 is 0 Å². The summed E-state index contributed by atoms with van der Waals surface area (Å²) >= 11 is 2.44. The van der Waals surface area contributed by atoms with Crippen molar-refractivity contribution in [3.05, 3.63) is 23.1 Å². The predicted octanol–water partition coefficient (Wildman–Crippen LogP) is -0.996. The molecule has 1 fully saturated rings. The SMILES string of the molecule is C[C@@H](O)[C@H]1C(=O)N2C(C(=O)O)=C(c3cn4c[n+](CC(N)=O)c(SCC(N)=O)c4s3)[C@H](C)[C@H]12. The van der Waals surface area contributed by atoms with Crippen LogP contribution in [0.5, 0.6) is 0 Å². The maximum Gasteiger partial charge on any atom is 0.352 e. The molecule has 2 aromatic heterocycles. The van der Waals surface area contributed by atoms with Gasteiger partial charge in [0, 0.05) is 11.5 Å². The van der Waals surface area contributed by atoms with E-state index in [4.69, 9.17) is 11.5 Å². The molecule has 0 aromatic carbocycles. The lowest BCUT2D eigenvalue weighted by atomic mass is 9.77. The van der Waals surface area contributed by atoms with E-state index in [9.17, 15) is 29.4 Å². The average molecular weight is 481 g/mol. The normalized spacial score (nSPS) is 23.4. The number of carbonyl (C=O) groups is 4. The maximum atomic E-state index is 12.6. The van der Waals surface area contributed by atoms with Crippen LogP contribution in [-0.4, -0.2) is 61.1 Å². The van der Waals surface area contributed by atoms with E-state index in [1.807, 2.05) is 6.92 Å². The lowest BCUT2D eigenvalue weighted by molar-refractivity contribution is -0.717. The Hall–Kier alpha value is -2.90. The number of carboxylic acid groups (broad SMARTS) is 1. The number of amides is 3. The summed E-state index contributed by atoms with van der Waals surface area (Å²) in [6.45, 7) is 3.28. The molecule has 170 valence electrons. The maximum absolute atomic E-state index is 12.6. The summed E-state index contributed by atoms with van der Waals surface area (Å²) in [6.07, 6.45) is 2.49. The zero-order valence-corrected chi connectivity index (χ0v) is 18.9. The van der Waals surface area contributed by atoms with Crippen molar-refractivity contribution in [2.45, 2.75) is 37.6 Å². The predicted molar refractivity (Wildman–Crippen MR) is 114 cm³/mol. The van der Waals surface area contributed by atoms with E-state index in [1.54, 1.807) is 21.5 Å². The second-order valence-electron chi connectivity index (χ2n) is 7.90. The third kappa shape index (κ3) is 3.36. The lowest BCUT2D eigenvalue weighted by Gasteiger charge is -2.46. The molecule has 0 radical (unpaired) electrons. The second-order valence-corrected chi connectivity index (χ2v) is 9.89. The van der Waals surface area contributed by atoms with Crippen molar-refractivity contribution in [2.24, 2.45) is 23.3 Å². The first-order valence-electron chi connectivity index (χ1n) is 9.75. The van der Waals surface area contributed by atoms with Gasteiger partial charge in [0.05, 0.1) is 28.7 Å². The highest BCUT2D eigenvalue weighted by molar-refractivity contribution is 8.00. The number of aliphatic carboxylic acids is 1. The summed E-state index contributed by atoms with van der Waals surface area (Å²) in [5.41, 5.74) is 11.0. The van der Waals surface area contributed by atoms with Crippen LogP contribution in [0.15, 0.2) is 23.2 Å². The van der Waals surface area contributed by atoms with Gasteiger partial charge in [-0.15, -0.1) is 0 Å². The third-order valence-corrected chi connectivity index (χ3v) is 8.12. The number of rotatable bonds is 8. The molecule has 32 heavy (non-hydrogen) atoms. The molecule has 2 aromatic rings. The minimum atomic E-state index is -1.21. The summed E-state index contributed by atoms with van der Waals surface area (Å²) in [7, 11) is 0. The molecule has 4 rings (SSSR count). The summed E-state index contributed by atoms with van der Waals surface area (Å²) in [4.78, 5) is 50.0. The van der Waals surface area contributed by atoms with Crippen molar-refractivity contribution in [3.63, 3.8) is 0 Å². The highest BCUT2D eigenvalue weighted by Gasteiger charge is 2.60. The van der Waals surface area contributed by atoms with Crippen LogP contribution in [0, 0.1) is 11.8 Å².